The van der Waals surface area contributed by atoms with Crippen LogP contribution in [0.3, 0.4) is 0 Å². The van der Waals surface area contributed by atoms with E-state index in [1.165, 1.54) is 11.8 Å². The molecule has 0 saturated carbocycles. The minimum atomic E-state index is 0.260. The van der Waals surface area contributed by atoms with Crippen LogP contribution in [0.15, 0.2) is 33.9 Å². The second-order valence-corrected chi connectivity index (χ2v) is 4.81. The van der Waals surface area contributed by atoms with Crippen LogP contribution >= 0.6 is 11.8 Å². The van der Waals surface area contributed by atoms with Gasteiger partial charge in [0.1, 0.15) is 11.5 Å². The fraction of sp³-hybridized carbons (Fsp3) is 0.385. The predicted molar refractivity (Wildman–Crippen MR) is 76.0 cm³/mol. The zero-order chi connectivity index (χ0) is 14.2. The molecule has 0 radical (unpaired) electrons. The third-order valence-electron chi connectivity index (χ3n) is 2.34. The third-order valence-corrected chi connectivity index (χ3v) is 3.12. The molecule has 108 valence electrons. The Labute approximate surface area is 121 Å². The largest absolute Gasteiger partial charge is 0.494 e. The lowest BCUT2D eigenvalue weighted by Crippen LogP contribution is -2.00. The molecule has 0 aliphatic heterocycles. The molecular formula is C13H17N3O3S. The molecule has 0 atom stereocenters. The molecule has 0 bridgehead atoms. The summed E-state index contributed by atoms with van der Waals surface area (Å²) in [6.45, 7) is 3.43. The number of benzene rings is 1. The maximum Gasteiger partial charge on any atom is 0.276 e. The fourth-order valence-corrected chi connectivity index (χ4v) is 2.06. The van der Waals surface area contributed by atoms with Crippen LogP contribution in [0.2, 0.25) is 0 Å². The lowest BCUT2D eigenvalue weighted by Gasteiger charge is -2.06. The van der Waals surface area contributed by atoms with E-state index in [0.717, 1.165) is 17.3 Å². The van der Waals surface area contributed by atoms with Gasteiger partial charge in [0.2, 0.25) is 5.89 Å². The molecule has 1 aromatic carbocycles. The van der Waals surface area contributed by atoms with Crippen molar-refractivity contribution >= 4 is 11.8 Å². The van der Waals surface area contributed by atoms with Crippen molar-refractivity contribution in [3.8, 4) is 11.5 Å². The van der Waals surface area contributed by atoms with Crippen LogP contribution in [-0.4, -0.2) is 29.2 Å². The summed E-state index contributed by atoms with van der Waals surface area (Å²) in [6, 6.07) is 7.54. The Balaban J connectivity index is 1.70. The van der Waals surface area contributed by atoms with Crippen LogP contribution in [0.25, 0.3) is 0 Å². The highest BCUT2D eigenvalue weighted by Gasteiger charge is 2.04. The number of thioether (sulfide) groups is 1. The molecule has 1 aromatic heterocycles. The first-order valence-electron chi connectivity index (χ1n) is 6.32. The van der Waals surface area contributed by atoms with E-state index in [2.05, 4.69) is 10.2 Å². The normalized spacial score (nSPS) is 10.5. The monoisotopic (exact) mass is 295 g/mol. The topological polar surface area (TPSA) is 83.4 Å². The number of nitrogens with zero attached hydrogens (tertiary/aromatic N) is 2. The predicted octanol–water partition coefficient (Wildman–Crippen LogP) is 2.10. The zero-order valence-corrected chi connectivity index (χ0v) is 12.1. The summed E-state index contributed by atoms with van der Waals surface area (Å²) in [4.78, 5) is 0. The van der Waals surface area contributed by atoms with Gasteiger partial charge >= 0.3 is 0 Å². The van der Waals surface area contributed by atoms with Gasteiger partial charge in [-0.1, -0.05) is 11.8 Å². The van der Waals surface area contributed by atoms with E-state index in [4.69, 9.17) is 19.6 Å². The molecule has 0 saturated heterocycles. The maximum atomic E-state index is 5.60. The molecule has 7 heteroatoms. The first-order chi connectivity index (χ1) is 9.81. The molecule has 20 heavy (non-hydrogen) atoms. The SMILES string of the molecule is CCOc1ccc(OCCSc2nnc(CN)o2)cc1. The lowest BCUT2D eigenvalue weighted by atomic mass is 10.3. The number of nitrogens with two attached hydrogens (primary N) is 1. The Bertz CT molecular complexity index is 516. The highest BCUT2D eigenvalue weighted by Crippen LogP contribution is 2.19. The average molecular weight is 295 g/mol. The second-order valence-electron chi connectivity index (χ2n) is 3.77. The van der Waals surface area contributed by atoms with Gasteiger partial charge in [0, 0.05) is 5.75 Å². The highest BCUT2D eigenvalue weighted by molar-refractivity contribution is 7.99. The minimum absolute atomic E-state index is 0.260. The second kappa shape index (κ2) is 7.76. The Morgan fingerprint density at radius 3 is 2.45 bits per heavy atom. The molecule has 0 unspecified atom stereocenters. The Morgan fingerprint density at radius 1 is 1.15 bits per heavy atom. The third kappa shape index (κ3) is 4.43. The van der Waals surface area contributed by atoms with E-state index in [1.54, 1.807) is 0 Å². The van der Waals surface area contributed by atoms with Crippen molar-refractivity contribution in [2.75, 3.05) is 19.0 Å². The molecule has 2 rings (SSSR count). The molecule has 0 aliphatic rings. The van der Waals surface area contributed by atoms with Gasteiger partial charge in [-0.3, -0.25) is 0 Å². The Morgan fingerprint density at radius 2 is 1.85 bits per heavy atom. The summed E-state index contributed by atoms with van der Waals surface area (Å²) >= 11 is 1.44. The Kier molecular flexibility index (Phi) is 5.69. The van der Waals surface area contributed by atoms with E-state index in [-0.39, 0.29) is 6.54 Å². The van der Waals surface area contributed by atoms with Crippen molar-refractivity contribution in [3.05, 3.63) is 30.2 Å². The molecule has 2 aromatic rings. The van der Waals surface area contributed by atoms with Crippen molar-refractivity contribution in [1.82, 2.24) is 10.2 Å². The molecule has 0 spiro atoms. The Hall–Kier alpha value is -1.73. The summed E-state index contributed by atoms with van der Waals surface area (Å²) in [6.07, 6.45) is 0. The number of hydrogen-bond acceptors (Lipinski definition) is 7. The summed E-state index contributed by atoms with van der Waals surface area (Å²) in [5.74, 6) is 2.82. The van der Waals surface area contributed by atoms with Crippen LogP contribution in [0.1, 0.15) is 12.8 Å². The average Bonchev–Trinajstić information content (AvgIpc) is 2.94. The van der Waals surface area contributed by atoms with Gasteiger partial charge in [-0.05, 0) is 31.2 Å². The molecule has 0 aliphatic carbocycles. The van der Waals surface area contributed by atoms with Crippen LogP contribution < -0.4 is 15.2 Å². The highest BCUT2D eigenvalue weighted by atomic mass is 32.2. The quantitative estimate of drug-likeness (QED) is 0.589. The number of ether oxygens (including phenoxy) is 2. The fourth-order valence-electron chi connectivity index (χ4n) is 1.47. The van der Waals surface area contributed by atoms with Gasteiger partial charge in [-0.2, -0.15) is 0 Å². The van der Waals surface area contributed by atoms with Crippen LogP contribution in [0.4, 0.5) is 0 Å². The van der Waals surface area contributed by atoms with Gasteiger partial charge in [0.05, 0.1) is 19.8 Å². The van der Waals surface area contributed by atoms with Crippen LogP contribution in [0, 0.1) is 0 Å². The van der Waals surface area contributed by atoms with E-state index >= 15 is 0 Å². The van der Waals surface area contributed by atoms with Crippen molar-refractivity contribution in [2.45, 2.75) is 18.7 Å². The van der Waals surface area contributed by atoms with Crippen LogP contribution in [0.5, 0.6) is 11.5 Å². The summed E-state index contributed by atoms with van der Waals surface area (Å²) in [5, 5.41) is 8.15. The summed E-state index contributed by atoms with van der Waals surface area (Å²) in [7, 11) is 0. The van der Waals surface area contributed by atoms with E-state index < -0.39 is 0 Å². The van der Waals surface area contributed by atoms with E-state index in [9.17, 15) is 0 Å². The summed E-state index contributed by atoms with van der Waals surface area (Å²) in [5.41, 5.74) is 5.39. The number of rotatable bonds is 8. The molecule has 0 amide bonds. The van der Waals surface area contributed by atoms with Crippen LogP contribution in [-0.2, 0) is 6.54 Å². The van der Waals surface area contributed by atoms with Gasteiger partial charge in [-0.15, -0.1) is 10.2 Å². The molecule has 6 nitrogen and oxygen atoms in total. The molecule has 0 fully saturated rings. The lowest BCUT2D eigenvalue weighted by molar-refractivity contribution is 0.332. The standard InChI is InChI=1S/C13H17N3O3S/c1-2-17-10-3-5-11(6-4-10)18-7-8-20-13-16-15-12(9-14)19-13/h3-6H,2,7-9,14H2,1H3. The van der Waals surface area contributed by atoms with E-state index in [1.807, 2.05) is 31.2 Å². The van der Waals surface area contributed by atoms with Gasteiger partial charge < -0.3 is 19.6 Å². The van der Waals surface area contributed by atoms with Crippen molar-refractivity contribution in [2.24, 2.45) is 5.73 Å². The minimum Gasteiger partial charge on any atom is -0.494 e. The number of aromatic nitrogens is 2. The molecule has 1 heterocycles. The maximum absolute atomic E-state index is 5.60. The summed E-state index contributed by atoms with van der Waals surface area (Å²) < 4.78 is 16.2. The zero-order valence-electron chi connectivity index (χ0n) is 11.2. The van der Waals surface area contributed by atoms with Gasteiger partial charge in [0.25, 0.3) is 5.22 Å². The molecule has 2 N–H and O–H groups in total. The van der Waals surface area contributed by atoms with Crippen molar-refractivity contribution < 1.29 is 13.9 Å². The van der Waals surface area contributed by atoms with Crippen molar-refractivity contribution in [3.63, 3.8) is 0 Å². The molecular weight excluding hydrogens is 278 g/mol. The van der Waals surface area contributed by atoms with Gasteiger partial charge in [0.15, 0.2) is 0 Å². The van der Waals surface area contributed by atoms with E-state index in [0.29, 0.717) is 24.3 Å². The van der Waals surface area contributed by atoms with Gasteiger partial charge in [-0.25, -0.2) is 0 Å². The smallest absolute Gasteiger partial charge is 0.276 e. The number of hydrogen-bond donors (Lipinski definition) is 1. The van der Waals surface area contributed by atoms with Crippen molar-refractivity contribution in [1.29, 1.82) is 0 Å². The first kappa shape index (κ1) is 14.7. The first-order valence-corrected chi connectivity index (χ1v) is 7.31.